The maximum atomic E-state index is 13.1. The first kappa shape index (κ1) is 32.4. The number of nitrogens with one attached hydrogen (secondary N) is 2. The van der Waals surface area contributed by atoms with Gasteiger partial charge in [-0.3, -0.25) is 38.8 Å². The minimum atomic E-state index is -0.464. The summed E-state index contributed by atoms with van der Waals surface area (Å²) in [6.07, 6.45) is 5.76. The van der Waals surface area contributed by atoms with Crippen LogP contribution >= 0.6 is 0 Å². The molecule has 1 fully saturated rings. The Morgan fingerprint density at radius 1 is 0.942 bits per heavy atom. The molecule has 1 saturated heterocycles. The van der Waals surface area contributed by atoms with Gasteiger partial charge in [-0.1, -0.05) is 36.1 Å². The zero-order valence-corrected chi connectivity index (χ0v) is 28.6. The Morgan fingerprint density at radius 2 is 1.79 bits per heavy atom. The molecule has 0 radical (unpaired) electrons. The van der Waals surface area contributed by atoms with Gasteiger partial charge in [0.2, 0.25) is 11.8 Å². The number of hydrogen-bond acceptors (Lipinski definition) is 7. The van der Waals surface area contributed by atoms with Crippen LogP contribution in [-0.2, 0) is 23.7 Å². The van der Waals surface area contributed by atoms with E-state index in [1.54, 1.807) is 41.8 Å². The lowest BCUT2D eigenvalue weighted by Gasteiger charge is -2.19. The molecule has 2 N–H and O–H groups in total. The lowest BCUT2D eigenvalue weighted by atomic mass is 9.90. The quantitative estimate of drug-likeness (QED) is 0.180. The molecule has 1 atom stereocenters. The van der Waals surface area contributed by atoms with Gasteiger partial charge in [0, 0.05) is 60.4 Å². The summed E-state index contributed by atoms with van der Waals surface area (Å²) < 4.78 is 8.95. The molecule has 11 heteroatoms. The maximum absolute atomic E-state index is 13.1. The summed E-state index contributed by atoms with van der Waals surface area (Å²) >= 11 is 0. The van der Waals surface area contributed by atoms with Gasteiger partial charge in [0.05, 0.1) is 35.5 Å². The van der Waals surface area contributed by atoms with Gasteiger partial charge in [-0.05, 0) is 77.9 Å². The molecule has 7 aromatic rings. The zero-order valence-electron chi connectivity index (χ0n) is 28.6. The van der Waals surface area contributed by atoms with Crippen LogP contribution < -0.4 is 16.3 Å². The highest BCUT2D eigenvalue weighted by atomic mass is 16.3. The Kier molecular flexibility index (Phi) is 7.99. The van der Waals surface area contributed by atoms with Gasteiger partial charge in [-0.15, -0.1) is 0 Å². The zero-order chi connectivity index (χ0) is 36.1. The minimum Gasteiger partial charge on any atom is -0.464 e. The second-order valence-electron chi connectivity index (χ2n) is 13.0. The number of benzene rings is 3. The summed E-state index contributed by atoms with van der Waals surface area (Å²) in [5.41, 5.74) is 8.24. The molecule has 0 bridgehead atoms. The molecule has 8 rings (SSSR count). The molecule has 4 aromatic heterocycles. The Labute approximate surface area is 297 Å². The van der Waals surface area contributed by atoms with E-state index in [0.29, 0.717) is 28.8 Å². The third-order valence-corrected chi connectivity index (χ3v) is 9.72. The van der Waals surface area contributed by atoms with E-state index in [9.17, 15) is 19.2 Å². The molecule has 5 heterocycles. The van der Waals surface area contributed by atoms with E-state index in [2.05, 4.69) is 27.5 Å². The number of amides is 3. The van der Waals surface area contributed by atoms with Gasteiger partial charge >= 0.3 is 5.69 Å². The van der Waals surface area contributed by atoms with Crippen LogP contribution in [-0.4, -0.2) is 43.4 Å². The predicted molar refractivity (Wildman–Crippen MR) is 197 cm³/mol. The molecule has 0 saturated carbocycles. The number of imidazole rings is 1. The summed E-state index contributed by atoms with van der Waals surface area (Å²) in [4.78, 5) is 58.8. The van der Waals surface area contributed by atoms with Crippen molar-refractivity contribution >= 4 is 50.5 Å². The molecule has 11 nitrogen and oxygen atoms in total. The molecule has 1 aliphatic heterocycles. The molecule has 3 aromatic carbocycles. The highest BCUT2D eigenvalue weighted by Gasteiger charge is 2.30. The van der Waals surface area contributed by atoms with Crippen molar-refractivity contribution in [1.82, 2.24) is 29.7 Å². The number of hydrogen-bond donors (Lipinski definition) is 2. The van der Waals surface area contributed by atoms with E-state index in [1.165, 1.54) is 0 Å². The number of pyridine rings is 2. The second-order valence-corrected chi connectivity index (χ2v) is 13.0. The second kappa shape index (κ2) is 12.8. The van der Waals surface area contributed by atoms with Crippen molar-refractivity contribution in [1.29, 1.82) is 0 Å². The largest absolute Gasteiger partial charge is 0.464 e. The normalized spacial score (nSPS) is 14.4. The van der Waals surface area contributed by atoms with Crippen molar-refractivity contribution in [2.75, 3.05) is 6.54 Å². The van der Waals surface area contributed by atoms with E-state index in [1.807, 2.05) is 73.8 Å². The first-order valence-corrected chi connectivity index (χ1v) is 16.8. The van der Waals surface area contributed by atoms with E-state index >= 15 is 0 Å². The third kappa shape index (κ3) is 5.70. The number of carbonyl (C=O) groups excluding carboxylic acids is 3. The maximum Gasteiger partial charge on any atom is 0.328 e. The van der Waals surface area contributed by atoms with Crippen LogP contribution in [0.2, 0.25) is 0 Å². The van der Waals surface area contributed by atoms with Crippen molar-refractivity contribution in [2.45, 2.75) is 25.7 Å². The molecule has 52 heavy (non-hydrogen) atoms. The smallest absolute Gasteiger partial charge is 0.328 e. The van der Waals surface area contributed by atoms with Crippen LogP contribution in [0.15, 0.2) is 94.6 Å². The van der Waals surface area contributed by atoms with Gasteiger partial charge in [0.15, 0.2) is 0 Å². The van der Waals surface area contributed by atoms with E-state index in [4.69, 9.17) is 9.40 Å². The summed E-state index contributed by atoms with van der Waals surface area (Å²) in [6, 6.07) is 21.5. The monoisotopic (exact) mass is 688 g/mol. The molecule has 0 aliphatic carbocycles. The number of rotatable bonds is 5. The fourth-order valence-corrected chi connectivity index (χ4v) is 6.95. The van der Waals surface area contributed by atoms with Gasteiger partial charge in [-0.2, -0.15) is 0 Å². The molecular formula is C41H32N6O5. The first-order chi connectivity index (χ1) is 25.2. The number of fused-ring (bicyclic) bond motifs is 3. The topological polar surface area (TPSA) is 141 Å². The van der Waals surface area contributed by atoms with Crippen molar-refractivity contribution in [2.24, 2.45) is 14.1 Å². The Bertz CT molecular complexity index is 2760. The average molecular weight is 689 g/mol. The van der Waals surface area contributed by atoms with Crippen molar-refractivity contribution in [3.63, 3.8) is 0 Å². The fraction of sp³-hybridized carbons (Fsp3) is 0.171. The molecular weight excluding hydrogens is 656 g/mol. The van der Waals surface area contributed by atoms with Crippen LogP contribution in [0.3, 0.4) is 0 Å². The Morgan fingerprint density at radius 3 is 2.62 bits per heavy atom. The lowest BCUT2D eigenvalue weighted by molar-refractivity contribution is -0.134. The highest BCUT2D eigenvalue weighted by Crippen LogP contribution is 2.34. The molecule has 3 amide bonds. The fourth-order valence-electron chi connectivity index (χ4n) is 6.95. The van der Waals surface area contributed by atoms with E-state index in [-0.39, 0.29) is 36.4 Å². The molecule has 256 valence electrons. The Hall–Kier alpha value is -6.80. The minimum absolute atomic E-state index is 0.0677. The molecule has 0 spiro atoms. The Balaban J connectivity index is 0.967. The lowest BCUT2D eigenvalue weighted by Crippen LogP contribution is -2.39. The highest BCUT2D eigenvalue weighted by molar-refractivity contribution is 6.03. The summed E-state index contributed by atoms with van der Waals surface area (Å²) in [7, 11) is 3.55. The average Bonchev–Trinajstić information content (AvgIpc) is 3.66. The first-order valence-electron chi connectivity index (χ1n) is 16.8. The number of aromatic nitrogens is 4. The number of nitrogens with zero attached hydrogens (tertiary/aromatic N) is 4. The van der Waals surface area contributed by atoms with Crippen LogP contribution in [0.1, 0.15) is 45.9 Å². The number of imide groups is 1. The summed E-state index contributed by atoms with van der Waals surface area (Å²) in [5, 5.41) is 7.97. The van der Waals surface area contributed by atoms with Gasteiger partial charge in [0.25, 0.3) is 5.91 Å². The predicted octanol–water partition coefficient (Wildman–Crippen LogP) is 5.51. The van der Waals surface area contributed by atoms with E-state index < -0.39 is 5.92 Å². The van der Waals surface area contributed by atoms with Crippen LogP contribution in [0.4, 0.5) is 0 Å². The summed E-state index contributed by atoms with van der Waals surface area (Å²) in [5.74, 6) is 4.65. The third-order valence-electron chi connectivity index (χ3n) is 9.72. The van der Waals surface area contributed by atoms with Crippen LogP contribution in [0.25, 0.3) is 55.2 Å². The number of aryl methyl sites for hydroxylation is 3. The van der Waals surface area contributed by atoms with Crippen LogP contribution in [0.5, 0.6) is 0 Å². The standard InChI is InChI=1S/C41H32N6O5/c1-23-16-27(33-18-25-7-4-8-28(31(25)21-43-33)26-10-12-34-35(19-26)47(3)41(51)46(34)2)20-44-38(23)40(50)42-15-5-6-24-9-13-36-30(17-24)32(22-52-36)29-11-14-37(48)45-39(29)49/h4,7-10,12-13,16-22,29H,11,14-15H2,1-3H3,(H,42,50)(H,45,48,49)/t29-/m1/s1. The van der Waals surface area contributed by atoms with Crippen LogP contribution in [0, 0.1) is 18.8 Å². The van der Waals surface area contributed by atoms with Crippen molar-refractivity contribution in [3.05, 3.63) is 118 Å². The van der Waals surface area contributed by atoms with Crippen molar-refractivity contribution in [3.8, 4) is 34.2 Å². The summed E-state index contributed by atoms with van der Waals surface area (Å²) in [6.45, 7) is 1.94. The van der Waals surface area contributed by atoms with Gasteiger partial charge in [-0.25, -0.2) is 4.79 Å². The number of carbonyl (C=O) groups is 3. The molecule has 0 unspecified atom stereocenters. The SMILES string of the molecule is Cc1cc(-c2cc3cccc(-c4ccc5c(c4)n(C)c(=O)n5C)c3cn2)cnc1C(=O)NCC#Cc1ccc2occ([C@H]3CCC(=O)NC3=O)c2c1. The number of piperidine rings is 1. The number of furan rings is 1. The van der Waals surface area contributed by atoms with Gasteiger partial charge in [0.1, 0.15) is 11.3 Å². The van der Waals surface area contributed by atoms with Crippen molar-refractivity contribution < 1.29 is 18.8 Å². The molecule has 1 aliphatic rings. The van der Waals surface area contributed by atoms with E-state index in [0.717, 1.165) is 55.1 Å². The van der Waals surface area contributed by atoms with Gasteiger partial charge < -0.3 is 9.73 Å².